The van der Waals surface area contributed by atoms with Crippen LogP contribution in [0.25, 0.3) is 10.8 Å². The van der Waals surface area contributed by atoms with E-state index in [2.05, 4.69) is 34.9 Å². The zero-order chi connectivity index (χ0) is 20.1. The number of carbonyl (C=O) groups is 1. The molecule has 3 rings (SSSR count). The van der Waals surface area contributed by atoms with Gasteiger partial charge in [-0.1, -0.05) is 48.5 Å². The first-order chi connectivity index (χ1) is 13.5. The molecular formula is C23H28N4O. The van der Waals surface area contributed by atoms with Gasteiger partial charge in [0.1, 0.15) is 0 Å². The van der Waals surface area contributed by atoms with Crippen molar-refractivity contribution < 1.29 is 4.79 Å². The molecule has 0 spiro atoms. The van der Waals surface area contributed by atoms with Crippen LogP contribution < -0.4 is 22.1 Å². The minimum absolute atomic E-state index is 0.0929. The number of hydrogen-bond acceptors (Lipinski definition) is 4. The van der Waals surface area contributed by atoms with Gasteiger partial charge in [-0.3, -0.25) is 4.79 Å². The summed E-state index contributed by atoms with van der Waals surface area (Å²) in [7, 11) is 0. The highest BCUT2D eigenvalue weighted by Gasteiger charge is 2.16. The van der Waals surface area contributed by atoms with Crippen molar-refractivity contribution in [3.63, 3.8) is 0 Å². The third-order valence-corrected chi connectivity index (χ3v) is 4.99. The molecule has 0 heterocycles. The van der Waals surface area contributed by atoms with E-state index < -0.39 is 0 Å². The minimum atomic E-state index is -0.120. The number of aryl methyl sites for hydroxylation is 1. The molecule has 5 heteroatoms. The van der Waals surface area contributed by atoms with Gasteiger partial charge in [-0.2, -0.15) is 0 Å². The summed E-state index contributed by atoms with van der Waals surface area (Å²) < 4.78 is 0. The fourth-order valence-electron chi connectivity index (χ4n) is 3.29. The number of hydrogen-bond donors (Lipinski definition) is 4. The van der Waals surface area contributed by atoms with Crippen LogP contribution in [0.4, 0.5) is 5.69 Å². The second kappa shape index (κ2) is 8.87. The van der Waals surface area contributed by atoms with E-state index in [0.717, 1.165) is 22.2 Å². The molecule has 0 aliphatic carbocycles. The fraction of sp³-hybridized carbons (Fsp3) is 0.261. The van der Waals surface area contributed by atoms with Gasteiger partial charge in [-0.25, -0.2) is 0 Å². The lowest BCUT2D eigenvalue weighted by Crippen LogP contribution is -2.36. The molecule has 2 atom stereocenters. The van der Waals surface area contributed by atoms with Crippen molar-refractivity contribution in [2.24, 2.45) is 11.5 Å². The number of benzene rings is 3. The molecule has 0 bridgehead atoms. The molecule has 146 valence electrons. The Kier molecular flexibility index (Phi) is 6.29. The van der Waals surface area contributed by atoms with Gasteiger partial charge in [-0.05, 0) is 47.9 Å². The molecule has 0 aliphatic rings. The monoisotopic (exact) mass is 376 g/mol. The van der Waals surface area contributed by atoms with Gasteiger partial charge < -0.3 is 22.1 Å². The first kappa shape index (κ1) is 19.9. The van der Waals surface area contributed by atoms with Gasteiger partial charge in [0.25, 0.3) is 5.91 Å². The Hall–Kier alpha value is -2.89. The molecule has 0 saturated carbocycles. The van der Waals surface area contributed by atoms with Crippen LogP contribution in [0, 0.1) is 6.92 Å². The number of nitrogens with one attached hydrogen (secondary N) is 2. The highest BCUT2D eigenvalue weighted by molar-refractivity contribution is 5.97. The van der Waals surface area contributed by atoms with Crippen molar-refractivity contribution in [1.29, 1.82) is 0 Å². The molecule has 0 unspecified atom stereocenters. The lowest BCUT2D eigenvalue weighted by Gasteiger charge is -2.18. The molecule has 28 heavy (non-hydrogen) atoms. The summed E-state index contributed by atoms with van der Waals surface area (Å²) in [5, 5.41) is 8.70. The standard InChI is InChI=1S/C23H28N4O/c1-15-10-11-19(26-14-18(25)13-24)12-22(15)23(28)27-16(2)20-9-5-7-17-6-3-4-8-21(17)20/h3-12,16,18,26H,13-14,24-25H2,1-2H3,(H,27,28)/t16-,18+/m1/s1. The lowest BCUT2D eigenvalue weighted by molar-refractivity contribution is 0.0939. The molecule has 0 radical (unpaired) electrons. The zero-order valence-corrected chi connectivity index (χ0v) is 16.4. The van der Waals surface area contributed by atoms with Crippen LogP contribution in [0.1, 0.15) is 34.5 Å². The summed E-state index contributed by atoms with van der Waals surface area (Å²) in [5.74, 6) is -0.0929. The van der Waals surface area contributed by atoms with E-state index in [9.17, 15) is 4.79 Å². The quantitative estimate of drug-likeness (QED) is 0.509. The van der Waals surface area contributed by atoms with Crippen LogP contribution in [0.2, 0.25) is 0 Å². The van der Waals surface area contributed by atoms with Gasteiger partial charge in [0.15, 0.2) is 0 Å². The topological polar surface area (TPSA) is 93.2 Å². The molecular weight excluding hydrogens is 348 g/mol. The molecule has 3 aromatic rings. The minimum Gasteiger partial charge on any atom is -0.383 e. The average molecular weight is 377 g/mol. The highest BCUT2D eigenvalue weighted by atomic mass is 16.1. The molecule has 5 nitrogen and oxygen atoms in total. The Labute approximate surface area is 166 Å². The van der Waals surface area contributed by atoms with E-state index in [4.69, 9.17) is 11.5 Å². The fourth-order valence-corrected chi connectivity index (χ4v) is 3.29. The Morgan fingerprint density at radius 1 is 1.07 bits per heavy atom. The maximum absolute atomic E-state index is 12.9. The predicted molar refractivity (Wildman–Crippen MR) is 117 cm³/mol. The third kappa shape index (κ3) is 4.50. The van der Waals surface area contributed by atoms with Crippen LogP contribution >= 0.6 is 0 Å². The van der Waals surface area contributed by atoms with E-state index >= 15 is 0 Å². The van der Waals surface area contributed by atoms with Gasteiger partial charge in [0.2, 0.25) is 0 Å². The van der Waals surface area contributed by atoms with Crippen molar-refractivity contribution in [1.82, 2.24) is 5.32 Å². The van der Waals surface area contributed by atoms with Crippen LogP contribution in [0.3, 0.4) is 0 Å². The first-order valence-electron chi connectivity index (χ1n) is 9.58. The van der Waals surface area contributed by atoms with Crippen LogP contribution in [-0.2, 0) is 0 Å². The Morgan fingerprint density at radius 2 is 1.82 bits per heavy atom. The highest BCUT2D eigenvalue weighted by Crippen LogP contribution is 2.25. The zero-order valence-electron chi connectivity index (χ0n) is 16.4. The maximum Gasteiger partial charge on any atom is 0.252 e. The Balaban J connectivity index is 1.78. The number of carbonyl (C=O) groups excluding carboxylic acids is 1. The third-order valence-electron chi connectivity index (χ3n) is 4.99. The summed E-state index contributed by atoms with van der Waals surface area (Å²) in [6.07, 6.45) is 0. The summed E-state index contributed by atoms with van der Waals surface area (Å²) in [6, 6.07) is 19.9. The SMILES string of the molecule is Cc1ccc(NC[C@@H](N)CN)cc1C(=O)N[C@H](C)c1cccc2ccccc12. The molecule has 0 saturated heterocycles. The van der Waals surface area contributed by atoms with Crippen molar-refractivity contribution in [2.75, 3.05) is 18.4 Å². The number of rotatable bonds is 7. The molecule has 3 aromatic carbocycles. The van der Waals surface area contributed by atoms with Crippen LogP contribution in [-0.4, -0.2) is 25.0 Å². The van der Waals surface area contributed by atoms with E-state index in [1.54, 1.807) is 0 Å². The number of anilines is 1. The number of fused-ring (bicyclic) bond motifs is 1. The van der Waals surface area contributed by atoms with Crippen LogP contribution in [0.15, 0.2) is 60.7 Å². The second-order valence-electron chi connectivity index (χ2n) is 7.17. The van der Waals surface area contributed by atoms with E-state index in [1.165, 1.54) is 5.39 Å². The van der Waals surface area contributed by atoms with E-state index in [-0.39, 0.29) is 18.0 Å². The van der Waals surface area contributed by atoms with Gasteiger partial charge in [0, 0.05) is 30.4 Å². The Bertz CT molecular complexity index is 964. The molecule has 0 fully saturated rings. The maximum atomic E-state index is 12.9. The van der Waals surface area contributed by atoms with E-state index in [0.29, 0.717) is 18.7 Å². The molecule has 6 N–H and O–H groups in total. The summed E-state index contributed by atoms with van der Waals surface area (Å²) in [6.45, 7) is 4.92. The smallest absolute Gasteiger partial charge is 0.252 e. The van der Waals surface area contributed by atoms with Crippen molar-refractivity contribution in [2.45, 2.75) is 25.9 Å². The van der Waals surface area contributed by atoms with Crippen molar-refractivity contribution >= 4 is 22.4 Å². The average Bonchev–Trinajstić information content (AvgIpc) is 2.72. The van der Waals surface area contributed by atoms with Gasteiger partial charge >= 0.3 is 0 Å². The normalized spacial score (nSPS) is 13.1. The number of amides is 1. The molecule has 0 aliphatic heterocycles. The summed E-state index contributed by atoms with van der Waals surface area (Å²) in [5.41, 5.74) is 15.0. The Morgan fingerprint density at radius 3 is 2.61 bits per heavy atom. The van der Waals surface area contributed by atoms with Crippen molar-refractivity contribution in [3.05, 3.63) is 77.4 Å². The lowest BCUT2D eigenvalue weighted by atomic mass is 9.99. The number of nitrogens with two attached hydrogens (primary N) is 2. The largest absolute Gasteiger partial charge is 0.383 e. The van der Waals surface area contributed by atoms with Crippen molar-refractivity contribution in [3.8, 4) is 0 Å². The second-order valence-corrected chi connectivity index (χ2v) is 7.17. The van der Waals surface area contributed by atoms with Gasteiger partial charge in [-0.15, -0.1) is 0 Å². The summed E-state index contributed by atoms with van der Waals surface area (Å²) >= 11 is 0. The first-order valence-corrected chi connectivity index (χ1v) is 9.58. The van der Waals surface area contributed by atoms with Crippen LogP contribution in [0.5, 0.6) is 0 Å². The molecule has 1 amide bonds. The summed E-state index contributed by atoms with van der Waals surface area (Å²) in [4.78, 5) is 12.9. The molecule has 0 aromatic heterocycles. The van der Waals surface area contributed by atoms with E-state index in [1.807, 2.05) is 50.2 Å². The predicted octanol–water partition coefficient (Wildman–Crippen LogP) is 3.34. The van der Waals surface area contributed by atoms with Gasteiger partial charge in [0.05, 0.1) is 6.04 Å².